The number of imidazole rings is 1. The molecule has 2 saturated carbocycles. The van der Waals surface area contributed by atoms with Crippen molar-refractivity contribution in [1.82, 2.24) is 19.8 Å². The molecule has 278 valence electrons. The lowest BCUT2D eigenvalue weighted by Gasteiger charge is -2.30. The van der Waals surface area contributed by atoms with E-state index in [1.54, 1.807) is 0 Å². The SMILES string of the molecule is CC(C)(C)OC(=O)N1C(c2nc3c([nH]2)CCc2cc(C#Cc4ccc5c(c4)CCC4=C5CC([C@@H]5C[C@H]6C[C@H]6N5C(=O)OC(C)(C)C)=N4)ccc2-3)C[C@H]2C[C@H]21. The van der Waals surface area contributed by atoms with Crippen molar-refractivity contribution < 1.29 is 19.1 Å². The molecule has 3 aliphatic heterocycles. The number of hydrogen-bond donors (Lipinski definition) is 1. The van der Waals surface area contributed by atoms with Gasteiger partial charge in [-0.25, -0.2) is 14.6 Å². The van der Waals surface area contributed by atoms with Gasteiger partial charge >= 0.3 is 12.2 Å². The molecular weight excluding hydrogens is 675 g/mol. The second-order valence-corrected chi connectivity index (χ2v) is 18.6. The van der Waals surface area contributed by atoms with Crippen molar-refractivity contribution >= 4 is 23.5 Å². The highest BCUT2D eigenvalue weighted by Gasteiger charge is 2.57. The summed E-state index contributed by atoms with van der Waals surface area (Å²) in [5, 5.41) is 0. The van der Waals surface area contributed by atoms with Crippen LogP contribution in [0.15, 0.2) is 47.1 Å². The fourth-order valence-electron chi connectivity index (χ4n) is 9.75. The number of carbonyl (C=O) groups excluding carboxylic acids is 2. The van der Waals surface area contributed by atoms with Crippen LogP contribution in [0.1, 0.15) is 125 Å². The number of nitrogens with zero attached hydrogens (tertiary/aromatic N) is 4. The predicted molar refractivity (Wildman–Crippen MR) is 207 cm³/mol. The molecule has 6 atom stereocenters. The van der Waals surface area contributed by atoms with Crippen LogP contribution < -0.4 is 0 Å². The Morgan fingerprint density at radius 3 is 1.96 bits per heavy atom. The lowest BCUT2D eigenvalue weighted by molar-refractivity contribution is 0.0173. The lowest BCUT2D eigenvalue weighted by atomic mass is 9.86. The van der Waals surface area contributed by atoms with Gasteiger partial charge in [-0.1, -0.05) is 24.0 Å². The van der Waals surface area contributed by atoms with E-state index in [0.29, 0.717) is 17.9 Å². The molecule has 1 aromatic heterocycles. The monoisotopic (exact) mass is 723 g/mol. The molecule has 0 spiro atoms. The molecule has 0 bridgehead atoms. The summed E-state index contributed by atoms with van der Waals surface area (Å²) in [6.07, 6.45) is 8.09. The van der Waals surface area contributed by atoms with Crippen LogP contribution in [0.4, 0.5) is 9.59 Å². The van der Waals surface area contributed by atoms with Gasteiger partial charge in [0, 0.05) is 52.3 Å². The average Bonchev–Trinajstić information content (AvgIpc) is 3.75. The van der Waals surface area contributed by atoms with Gasteiger partial charge < -0.3 is 14.5 Å². The van der Waals surface area contributed by atoms with Crippen LogP contribution in [-0.4, -0.2) is 67.0 Å². The van der Waals surface area contributed by atoms with E-state index in [1.807, 2.05) is 51.3 Å². The van der Waals surface area contributed by atoms with Crippen molar-refractivity contribution in [3.05, 3.63) is 81.4 Å². The molecule has 4 fully saturated rings. The van der Waals surface area contributed by atoms with Gasteiger partial charge in [-0.05, 0) is 151 Å². The molecule has 4 heterocycles. The van der Waals surface area contributed by atoms with Gasteiger partial charge in [-0.2, -0.15) is 0 Å². The van der Waals surface area contributed by atoms with Crippen LogP contribution in [0, 0.1) is 23.7 Å². The number of piperidine rings is 2. The van der Waals surface area contributed by atoms with Crippen LogP contribution in [-0.2, 0) is 28.7 Å². The van der Waals surface area contributed by atoms with E-state index in [0.717, 1.165) is 97.4 Å². The minimum atomic E-state index is -0.529. The Bertz CT molecular complexity index is 2260. The number of benzene rings is 2. The summed E-state index contributed by atoms with van der Waals surface area (Å²) in [5.41, 5.74) is 11.8. The van der Waals surface area contributed by atoms with Crippen molar-refractivity contribution in [2.75, 3.05) is 0 Å². The van der Waals surface area contributed by atoms with Gasteiger partial charge in [0.15, 0.2) is 0 Å². The van der Waals surface area contributed by atoms with Crippen molar-refractivity contribution in [3.63, 3.8) is 0 Å². The summed E-state index contributed by atoms with van der Waals surface area (Å²) in [6.45, 7) is 11.6. The number of hydrogen-bond acceptors (Lipinski definition) is 6. The quantitative estimate of drug-likeness (QED) is 0.267. The number of rotatable bonds is 2. The maximum Gasteiger partial charge on any atom is 0.411 e. The predicted octanol–water partition coefficient (Wildman–Crippen LogP) is 8.55. The van der Waals surface area contributed by atoms with E-state index in [1.165, 1.54) is 28.0 Å². The molecule has 9 nitrogen and oxygen atoms in total. The molecule has 3 aromatic rings. The van der Waals surface area contributed by atoms with E-state index < -0.39 is 11.2 Å². The van der Waals surface area contributed by atoms with Crippen molar-refractivity contribution in [2.24, 2.45) is 16.8 Å². The summed E-state index contributed by atoms with van der Waals surface area (Å²) in [4.78, 5) is 44.3. The number of carbonyl (C=O) groups is 2. The van der Waals surface area contributed by atoms with E-state index >= 15 is 0 Å². The number of H-pyrrole nitrogens is 1. The molecule has 2 aromatic carbocycles. The first-order chi connectivity index (χ1) is 25.8. The zero-order valence-corrected chi connectivity index (χ0v) is 32.2. The van der Waals surface area contributed by atoms with Gasteiger partial charge in [0.2, 0.25) is 0 Å². The van der Waals surface area contributed by atoms with Crippen molar-refractivity contribution in [3.8, 4) is 23.1 Å². The topological polar surface area (TPSA) is 100 Å². The molecule has 7 aliphatic rings. The molecule has 9 heteroatoms. The maximum absolute atomic E-state index is 13.2. The van der Waals surface area contributed by atoms with Gasteiger partial charge in [0.25, 0.3) is 0 Å². The molecule has 1 N–H and O–H groups in total. The smallest absolute Gasteiger partial charge is 0.411 e. The number of nitrogens with one attached hydrogen (secondary N) is 1. The number of likely N-dealkylation sites (tertiary alicyclic amines) is 2. The van der Waals surface area contributed by atoms with Crippen LogP contribution >= 0.6 is 0 Å². The van der Waals surface area contributed by atoms with Crippen LogP contribution in [0.3, 0.4) is 0 Å². The third kappa shape index (κ3) is 5.93. The summed E-state index contributed by atoms with van der Waals surface area (Å²) in [7, 11) is 0. The molecular formula is C45H49N5O4. The Kier molecular flexibility index (Phi) is 7.38. The molecule has 0 radical (unpaired) electrons. The van der Waals surface area contributed by atoms with Crippen LogP contribution in [0.2, 0.25) is 0 Å². The number of aryl methyl sites for hydroxylation is 3. The Hall–Kier alpha value is -4.84. The standard InChI is InChI=1S/C45H49N5O4/c1-44(2,3)53-42(51)49-36-19-28(36)21-38(49)35-23-32-30-13-9-24(17-26(30)11-15-33(32)46-35)7-8-25-10-14-31-27(18-25)12-16-34-40(31)48-41(47-34)39-22-29-20-37(29)50(39)43(52)54-45(4,5)6/h9-10,13-14,17-18,28-29,36-39H,11-12,15-16,19-23H2,1-6H3,(H,47,48)/t28-,29-,36-,37-,38+,39?/m1/s1. The Balaban J connectivity index is 0.833. The van der Waals surface area contributed by atoms with Crippen molar-refractivity contribution in [2.45, 2.75) is 135 Å². The highest BCUT2D eigenvalue weighted by molar-refractivity contribution is 6.05. The first kappa shape index (κ1) is 33.7. The van der Waals surface area contributed by atoms with Crippen LogP contribution in [0.25, 0.3) is 16.8 Å². The Morgan fingerprint density at radius 2 is 1.31 bits per heavy atom. The first-order valence-corrected chi connectivity index (χ1v) is 20.0. The highest BCUT2D eigenvalue weighted by Crippen LogP contribution is 2.54. The molecule has 10 rings (SSSR count). The molecule has 2 saturated heterocycles. The average molecular weight is 724 g/mol. The number of fused-ring (bicyclic) bond motifs is 7. The second kappa shape index (κ2) is 11.8. The summed E-state index contributed by atoms with van der Waals surface area (Å²) in [5.74, 6) is 8.90. The third-order valence-electron chi connectivity index (χ3n) is 12.3. The van der Waals surface area contributed by atoms with E-state index in [4.69, 9.17) is 19.5 Å². The third-order valence-corrected chi connectivity index (χ3v) is 12.3. The fourth-order valence-corrected chi connectivity index (χ4v) is 9.75. The molecule has 54 heavy (non-hydrogen) atoms. The zero-order valence-electron chi connectivity index (χ0n) is 32.2. The van der Waals surface area contributed by atoms with Crippen molar-refractivity contribution in [1.29, 1.82) is 0 Å². The Labute approximate surface area is 317 Å². The number of allylic oxidation sites excluding steroid dienone is 2. The van der Waals surface area contributed by atoms with Gasteiger partial charge in [-0.15, -0.1) is 0 Å². The highest BCUT2D eigenvalue weighted by atomic mass is 16.6. The molecule has 2 amide bonds. The summed E-state index contributed by atoms with van der Waals surface area (Å²) < 4.78 is 11.6. The number of amides is 2. The normalized spacial score (nSPS) is 27.1. The van der Waals surface area contributed by atoms with Gasteiger partial charge in [0.05, 0.1) is 17.8 Å². The van der Waals surface area contributed by atoms with E-state index in [2.05, 4.69) is 53.2 Å². The van der Waals surface area contributed by atoms with Gasteiger partial charge in [0.1, 0.15) is 17.0 Å². The van der Waals surface area contributed by atoms with E-state index in [9.17, 15) is 9.59 Å². The fraction of sp³-hybridized carbons (Fsp3) is 0.511. The minimum Gasteiger partial charge on any atom is -0.444 e. The van der Waals surface area contributed by atoms with E-state index in [-0.39, 0.29) is 30.3 Å². The summed E-state index contributed by atoms with van der Waals surface area (Å²) in [6, 6.07) is 13.6. The number of ether oxygens (including phenoxy) is 2. The minimum absolute atomic E-state index is 0.0355. The number of aromatic nitrogens is 2. The molecule has 4 aliphatic carbocycles. The number of aromatic amines is 1. The maximum atomic E-state index is 13.2. The number of aliphatic imine (C=N–C) groups is 1. The largest absolute Gasteiger partial charge is 0.444 e. The summed E-state index contributed by atoms with van der Waals surface area (Å²) >= 11 is 0. The Morgan fingerprint density at radius 1 is 0.741 bits per heavy atom. The first-order valence-electron chi connectivity index (χ1n) is 20.0. The van der Waals surface area contributed by atoms with Crippen LogP contribution in [0.5, 0.6) is 0 Å². The van der Waals surface area contributed by atoms with Gasteiger partial charge in [-0.3, -0.25) is 14.8 Å². The molecule has 1 unspecified atom stereocenters. The lowest BCUT2D eigenvalue weighted by Crippen LogP contribution is -2.45. The second-order valence-electron chi connectivity index (χ2n) is 18.6. The zero-order chi connectivity index (χ0) is 37.3.